The molecule has 1 atom stereocenters. The van der Waals surface area contributed by atoms with Gasteiger partial charge in [-0.2, -0.15) is 0 Å². The van der Waals surface area contributed by atoms with E-state index in [1.54, 1.807) is 0 Å². The maximum absolute atomic E-state index is 10.7. The number of rotatable bonds is 6. The number of carbonyl (C=O) groups is 1. The fourth-order valence-electron chi connectivity index (χ4n) is 1.79. The first kappa shape index (κ1) is 12.6. The van der Waals surface area contributed by atoms with Gasteiger partial charge in [0.1, 0.15) is 5.78 Å². The van der Waals surface area contributed by atoms with Crippen molar-refractivity contribution in [2.45, 2.75) is 51.4 Å². The predicted octanol–water partition coefficient (Wildman–Crippen LogP) is 1.26. The van der Waals surface area contributed by atoms with Gasteiger partial charge in [-0.25, -0.2) is 0 Å². The topological polar surface area (TPSA) is 55.8 Å². The maximum Gasteiger partial charge on any atom is 0.165 e. The standard InChI is InChI=1S/C11H20O4/c1-9(12)8-10(13)4-3-5-11(2)14-6-7-15-11/h10,13H,3-8H2,1-2H3/t10-/m1/s1. The van der Waals surface area contributed by atoms with Gasteiger partial charge in [-0.05, 0) is 26.7 Å². The van der Waals surface area contributed by atoms with Gasteiger partial charge in [-0.15, -0.1) is 0 Å². The van der Waals surface area contributed by atoms with Gasteiger partial charge in [0, 0.05) is 12.8 Å². The number of hydrogen-bond acceptors (Lipinski definition) is 4. The van der Waals surface area contributed by atoms with E-state index in [1.807, 2.05) is 6.92 Å². The minimum atomic E-state index is -0.521. The lowest BCUT2D eigenvalue weighted by molar-refractivity contribution is -0.148. The van der Waals surface area contributed by atoms with E-state index in [2.05, 4.69) is 0 Å². The van der Waals surface area contributed by atoms with Crippen molar-refractivity contribution in [2.24, 2.45) is 0 Å². The summed E-state index contributed by atoms with van der Waals surface area (Å²) in [4.78, 5) is 10.7. The number of Topliss-reactive ketones (excluding diaryl/α,β-unsaturated/α-hetero) is 1. The van der Waals surface area contributed by atoms with E-state index in [9.17, 15) is 9.90 Å². The molecule has 1 N–H and O–H groups in total. The van der Waals surface area contributed by atoms with Crippen LogP contribution in [-0.4, -0.2) is 36.0 Å². The van der Waals surface area contributed by atoms with E-state index >= 15 is 0 Å². The molecule has 0 unspecified atom stereocenters. The van der Waals surface area contributed by atoms with Gasteiger partial charge in [0.05, 0.1) is 19.3 Å². The Morgan fingerprint density at radius 1 is 1.47 bits per heavy atom. The molecule has 1 heterocycles. The van der Waals surface area contributed by atoms with Crippen molar-refractivity contribution >= 4 is 5.78 Å². The summed E-state index contributed by atoms with van der Waals surface area (Å²) < 4.78 is 10.9. The van der Waals surface area contributed by atoms with E-state index in [-0.39, 0.29) is 12.2 Å². The number of ketones is 1. The SMILES string of the molecule is CC(=O)C[C@H](O)CCCC1(C)OCCO1. The van der Waals surface area contributed by atoms with Gasteiger partial charge in [0.2, 0.25) is 0 Å². The minimum Gasteiger partial charge on any atom is -0.393 e. The summed E-state index contributed by atoms with van der Waals surface area (Å²) >= 11 is 0. The first-order valence-electron chi connectivity index (χ1n) is 5.47. The molecule has 1 rings (SSSR count). The number of aliphatic hydroxyl groups is 1. The van der Waals surface area contributed by atoms with Crippen LogP contribution in [-0.2, 0) is 14.3 Å². The molecule has 0 spiro atoms. The molecule has 0 aromatic heterocycles. The van der Waals surface area contributed by atoms with Crippen LogP contribution in [0, 0.1) is 0 Å². The van der Waals surface area contributed by atoms with Crippen LogP contribution in [0.15, 0.2) is 0 Å². The molecule has 1 aliphatic heterocycles. The maximum atomic E-state index is 10.7. The van der Waals surface area contributed by atoms with E-state index in [0.29, 0.717) is 19.6 Å². The Bertz CT molecular complexity index is 209. The zero-order chi connectivity index (χ0) is 11.3. The lowest BCUT2D eigenvalue weighted by Crippen LogP contribution is -2.25. The molecule has 4 nitrogen and oxygen atoms in total. The van der Waals surface area contributed by atoms with Gasteiger partial charge in [0.15, 0.2) is 5.79 Å². The lowest BCUT2D eigenvalue weighted by Gasteiger charge is -2.22. The van der Waals surface area contributed by atoms with Crippen LogP contribution in [0.5, 0.6) is 0 Å². The summed E-state index contributed by atoms with van der Waals surface area (Å²) in [5.74, 6) is -0.447. The largest absolute Gasteiger partial charge is 0.393 e. The fourth-order valence-corrected chi connectivity index (χ4v) is 1.79. The molecule has 88 valence electrons. The highest BCUT2D eigenvalue weighted by Crippen LogP contribution is 2.25. The molecule has 15 heavy (non-hydrogen) atoms. The van der Waals surface area contributed by atoms with Crippen molar-refractivity contribution in [2.75, 3.05) is 13.2 Å². The second-order valence-electron chi connectivity index (χ2n) is 4.28. The molecule has 1 saturated heterocycles. The van der Waals surface area contributed by atoms with Crippen LogP contribution < -0.4 is 0 Å². The summed E-state index contributed by atoms with van der Waals surface area (Å²) in [7, 11) is 0. The quantitative estimate of drug-likeness (QED) is 0.726. The minimum absolute atomic E-state index is 0.0297. The Labute approximate surface area is 90.6 Å². The van der Waals surface area contributed by atoms with Gasteiger partial charge >= 0.3 is 0 Å². The summed E-state index contributed by atoms with van der Waals surface area (Å²) in [6, 6.07) is 0. The summed E-state index contributed by atoms with van der Waals surface area (Å²) in [6.07, 6.45) is 1.93. The van der Waals surface area contributed by atoms with Crippen molar-refractivity contribution < 1.29 is 19.4 Å². The van der Waals surface area contributed by atoms with E-state index in [4.69, 9.17) is 9.47 Å². The normalized spacial score (nSPS) is 21.5. The molecule has 0 aliphatic carbocycles. The average Bonchev–Trinajstić information content (AvgIpc) is 2.51. The Balaban J connectivity index is 2.12. The van der Waals surface area contributed by atoms with Crippen LogP contribution in [0.2, 0.25) is 0 Å². The summed E-state index contributed by atoms with van der Waals surface area (Å²) in [5.41, 5.74) is 0. The molecule has 1 fully saturated rings. The van der Waals surface area contributed by atoms with Crippen LogP contribution in [0.1, 0.15) is 39.5 Å². The Kier molecular flexibility index (Phi) is 4.70. The molecule has 4 heteroatoms. The third kappa shape index (κ3) is 4.73. The second kappa shape index (κ2) is 5.58. The van der Waals surface area contributed by atoms with E-state index in [0.717, 1.165) is 12.8 Å². The third-order valence-corrected chi connectivity index (χ3v) is 2.59. The van der Waals surface area contributed by atoms with Crippen LogP contribution >= 0.6 is 0 Å². The molecule has 0 saturated carbocycles. The zero-order valence-electron chi connectivity index (χ0n) is 9.49. The van der Waals surface area contributed by atoms with Gasteiger partial charge < -0.3 is 14.6 Å². The molecular weight excluding hydrogens is 196 g/mol. The van der Waals surface area contributed by atoms with Gasteiger partial charge in [-0.3, -0.25) is 4.79 Å². The van der Waals surface area contributed by atoms with E-state index in [1.165, 1.54) is 6.92 Å². The zero-order valence-corrected chi connectivity index (χ0v) is 9.49. The van der Waals surface area contributed by atoms with Crippen molar-refractivity contribution in [1.82, 2.24) is 0 Å². The van der Waals surface area contributed by atoms with Crippen LogP contribution in [0.4, 0.5) is 0 Å². The Morgan fingerprint density at radius 2 is 2.07 bits per heavy atom. The summed E-state index contributed by atoms with van der Waals surface area (Å²) in [6.45, 7) is 4.70. The number of ether oxygens (including phenoxy) is 2. The van der Waals surface area contributed by atoms with Crippen molar-refractivity contribution in [3.05, 3.63) is 0 Å². The van der Waals surface area contributed by atoms with E-state index < -0.39 is 11.9 Å². The molecule has 0 aromatic rings. The monoisotopic (exact) mass is 216 g/mol. The summed E-state index contributed by atoms with van der Waals surface area (Å²) in [5, 5.41) is 9.47. The van der Waals surface area contributed by atoms with Gasteiger partial charge in [0.25, 0.3) is 0 Å². The number of carbonyl (C=O) groups excluding carboxylic acids is 1. The first-order chi connectivity index (χ1) is 7.02. The predicted molar refractivity (Wildman–Crippen MR) is 55.5 cm³/mol. The van der Waals surface area contributed by atoms with Crippen molar-refractivity contribution in [1.29, 1.82) is 0 Å². The molecule has 0 bridgehead atoms. The molecule has 1 aliphatic rings. The van der Waals surface area contributed by atoms with Crippen molar-refractivity contribution in [3.8, 4) is 0 Å². The van der Waals surface area contributed by atoms with Crippen LogP contribution in [0.3, 0.4) is 0 Å². The van der Waals surface area contributed by atoms with Crippen LogP contribution in [0.25, 0.3) is 0 Å². The third-order valence-electron chi connectivity index (χ3n) is 2.59. The fraction of sp³-hybridized carbons (Fsp3) is 0.909. The molecule has 0 amide bonds. The smallest absolute Gasteiger partial charge is 0.165 e. The number of hydrogen-bond donors (Lipinski definition) is 1. The molecular formula is C11H20O4. The Morgan fingerprint density at radius 3 is 2.60 bits per heavy atom. The highest BCUT2D eigenvalue weighted by molar-refractivity contribution is 5.75. The average molecular weight is 216 g/mol. The molecule has 0 aromatic carbocycles. The number of aliphatic hydroxyl groups excluding tert-OH is 1. The Hall–Kier alpha value is -0.450. The second-order valence-corrected chi connectivity index (χ2v) is 4.28. The first-order valence-corrected chi connectivity index (χ1v) is 5.47. The highest BCUT2D eigenvalue weighted by atomic mass is 16.7. The highest BCUT2D eigenvalue weighted by Gasteiger charge is 2.30. The van der Waals surface area contributed by atoms with Gasteiger partial charge in [-0.1, -0.05) is 0 Å². The lowest BCUT2D eigenvalue weighted by atomic mass is 10.0. The molecule has 0 radical (unpaired) electrons. The van der Waals surface area contributed by atoms with Crippen molar-refractivity contribution in [3.63, 3.8) is 0 Å².